The molecule has 2 unspecified atom stereocenters. The zero-order valence-corrected chi connectivity index (χ0v) is 24.4. The summed E-state index contributed by atoms with van der Waals surface area (Å²) in [4.78, 5) is 15.8. The summed E-state index contributed by atoms with van der Waals surface area (Å²) in [5.41, 5.74) is 9.35. The number of hydrogen-bond acceptors (Lipinski definition) is 7. The van der Waals surface area contributed by atoms with Crippen LogP contribution < -0.4 is 31.5 Å². The lowest BCUT2D eigenvalue weighted by atomic mass is 9.93. The molecule has 0 bridgehead atoms. The van der Waals surface area contributed by atoms with Gasteiger partial charge < -0.3 is 20.3 Å². The second-order valence-electron chi connectivity index (χ2n) is 11.4. The van der Waals surface area contributed by atoms with Crippen LogP contribution in [0.1, 0.15) is 80.3 Å². The third-order valence-electron chi connectivity index (χ3n) is 8.44. The Morgan fingerprint density at radius 3 is 2.73 bits per heavy atom. The third-order valence-corrected chi connectivity index (χ3v) is 8.74. The number of carbonyl (C=O) groups excluding carboxylic acids is 1. The number of fused-ring (bicyclic) bond motifs is 1. The van der Waals surface area contributed by atoms with Crippen LogP contribution in [0.4, 0.5) is 5.69 Å². The summed E-state index contributed by atoms with van der Waals surface area (Å²) in [6, 6.07) is 13.2. The van der Waals surface area contributed by atoms with Crippen molar-refractivity contribution in [2.45, 2.75) is 76.7 Å². The summed E-state index contributed by atoms with van der Waals surface area (Å²) in [6.45, 7) is 7.15. The molecule has 1 amide bonds. The molecule has 2 aromatic rings. The maximum absolute atomic E-state index is 13.1. The van der Waals surface area contributed by atoms with Gasteiger partial charge in [0.05, 0.1) is 30.0 Å². The van der Waals surface area contributed by atoms with Crippen molar-refractivity contribution in [3.63, 3.8) is 0 Å². The van der Waals surface area contributed by atoms with Gasteiger partial charge in [0.2, 0.25) is 0 Å². The Kier molecular flexibility index (Phi) is 10.6. The first-order chi connectivity index (χ1) is 19.6. The maximum Gasteiger partial charge on any atom is 0.251 e. The molecule has 3 aliphatic rings. The van der Waals surface area contributed by atoms with Gasteiger partial charge in [0.1, 0.15) is 5.75 Å². The van der Waals surface area contributed by atoms with Gasteiger partial charge in [-0.25, -0.2) is 10.9 Å². The molecule has 5 rings (SSSR count). The van der Waals surface area contributed by atoms with Crippen molar-refractivity contribution in [2.24, 2.45) is 5.92 Å². The summed E-state index contributed by atoms with van der Waals surface area (Å²) >= 11 is 6.30. The van der Waals surface area contributed by atoms with Crippen molar-refractivity contribution in [3.05, 3.63) is 58.6 Å². The molecule has 5 N–H and O–H groups in total. The number of anilines is 1. The number of para-hydroxylation sites is 1. The van der Waals surface area contributed by atoms with Crippen LogP contribution in [0.25, 0.3) is 0 Å². The Morgan fingerprint density at radius 2 is 1.88 bits per heavy atom. The Morgan fingerprint density at radius 1 is 1.05 bits per heavy atom. The fourth-order valence-corrected chi connectivity index (χ4v) is 6.31. The Labute approximate surface area is 243 Å². The van der Waals surface area contributed by atoms with Gasteiger partial charge in [-0.05, 0) is 69.1 Å². The number of halogens is 1. The molecule has 3 atom stereocenters. The fraction of sp³-hybridized carbons (Fsp3) is 0.581. The molecule has 9 heteroatoms. The minimum atomic E-state index is -0.126. The van der Waals surface area contributed by atoms with E-state index in [1.165, 1.54) is 64.6 Å². The van der Waals surface area contributed by atoms with Crippen molar-refractivity contribution in [3.8, 4) is 5.75 Å². The van der Waals surface area contributed by atoms with Crippen LogP contribution in [-0.4, -0.2) is 55.9 Å². The first kappa shape index (κ1) is 29.1. The highest BCUT2D eigenvalue weighted by atomic mass is 35.5. The van der Waals surface area contributed by atoms with Crippen molar-refractivity contribution >= 4 is 23.2 Å². The number of unbranched alkanes of at least 4 members (excludes halogenated alkanes) is 4. The zero-order chi connectivity index (χ0) is 27.7. The van der Waals surface area contributed by atoms with Gasteiger partial charge in [0, 0.05) is 29.8 Å². The van der Waals surface area contributed by atoms with Crippen molar-refractivity contribution in [1.29, 1.82) is 0 Å². The molecule has 2 saturated heterocycles. The van der Waals surface area contributed by atoms with E-state index >= 15 is 0 Å². The Balaban J connectivity index is 1.05. The molecule has 3 aliphatic heterocycles. The molecule has 0 aromatic heterocycles. The van der Waals surface area contributed by atoms with E-state index in [4.69, 9.17) is 16.3 Å². The average molecular weight is 569 g/mol. The highest BCUT2D eigenvalue weighted by molar-refractivity contribution is 6.32. The van der Waals surface area contributed by atoms with Crippen LogP contribution in [0, 0.1) is 5.92 Å². The van der Waals surface area contributed by atoms with Crippen LogP contribution in [0.15, 0.2) is 42.5 Å². The molecule has 8 nitrogen and oxygen atoms in total. The Hall–Kier alpha value is -2.36. The lowest BCUT2D eigenvalue weighted by Gasteiger charge is -2.34. The Bertz CT molecular complexity index is 1110. The van der Waals surface area contributed by atoms with E-state index in [1.807, 2.05) is 42.5 Å². The lowest BCUT2D eigenvalue weighted by molar-refractivity contribution is 0.0925. The number of carbonyl (C=O) groups is 1. The van der Waals surface area contributed by atoms with Gasteiger partial charge in [-0.2, -0.15) is 0 Å². The summed E-state index contributed by atoms with van der Waals surface area (Å²) < 4.78 is 5.73. The quantitative estimate of drug-likeness (QED) is 0.229. The molecular weight excluding hydrogens is 524 g/mol. The number of likely N-dealkylation sites (tertiary alicyclic amines) is 1. The van der Waals surface area contributed by atoms with Crippen LogP contribution in [0.3, 0.4) is 0 Å². The fourth-order valence-electron chi connectivity index (χ4n) is 6.07. The van der Waals surface area contributed by atoms with E-state index in [-0.39, 0.29) is 24.3 Å². The van der Waals surface area contributed by atoms with Crippen molar-refractivity contribution in [1.82, 2.24) is 26.4 Å². The monoisotopic (exact) mass is 568 g/mol. The molecule has 3 heterocycles. The van der Waals surface area contributed by atoms with Crippen molar-refractivity contribution < 1.29 is 9.53 Å². The number of piperidine rings is 1. The second kappa shape index (κ2) is 14.5. The van der Waals surface area contributed by atoms with E-state index in [9.17, 15) is 4.79 Å². The highest BCUT2D eigenvalue weighted by Gasteiger charge is 2.32. The normalized spacial score (nSPS) is 23.4. The van der Waals surface area contributed by atoms with Gasteiger partial charge in [0.25, 0.3) is 5.91 Å². The SMILES string of the molecule is CCCCCCCN1CCC(C2NNC(CNc3cccc(C(=O)N[C@@H]4CCOc5c(Cl)cccc54)c3)N2)CC1. The molecule has 0 spiro atoms. The smallest absolute Gasteiger partial charge is 0.251 e. The second-order valence-corrected chi connectivity index (χ2v) is 11.8. The number of nitrogens with zero attached hydrogens (tertiary/aromatic N) is 1. The van der Waals surface area contributed by atoms with Gasteiger partial charge in [0.15, 0.2) is 0 Å². The molecule has 2 aromatic carbocycles. The first-order valence-electron chi connectivity index (χ1n) is 15.2. The number of hydrazine groups is 1. The van der Waals surface area contributed by atoms with Crippen LogP contribution in [0.2, 0.25) is 5.02 Å². The number of ether oxygens (including phenoxy) is 1. The molecule has 2 fully saturated rings. The number of rotatable bonds is 12. The standard InChI is InChI=1S/C31H45ClN6O2/c1-2-3-4-5-6-16-38-17-13-22(14-18-38)30-35-28(36-37-30)21-33-24-10-7-9-23(20-24)31(39)34-27-15-19-40-29-25(27)11-8-12-26(29)32/h7-12,20,22,27-28,30,33,35-37H,2-6,13-19,21H2,1H3,(H,34,39)/t27-,28?,30?/m1/s1. The van der Waals surface area contributed by atoms with Crippen LogP contribution in [0.5, 0.6) is 5.75 Å². The summed E-state index contributed by atoms with van der Waals surface area (Å²) in [5.74, 6) is 1.20. The highest BCUT2D eigenvalue weighted by Crippen LogP contribution is 2.37. The zero-order valence-electron chi connectivity index (χ0n) is 23.7. The first-order valence-corrected chi connectivity index (χ1v) is 15.5. The van der Waals surface area contributed by atoms with Gasteiger partial charge in [-0.15, -0.1) is 0 Å². The molecule has 40 heavy (non-hydrogen) atoms. The predicted octanol–water partition coefficient (Wildman–Crippen LogP) is 5.04. The summed E-state index contributed by atoms with van der Waals surface area (Å²) in [6.07, 6.45) is 10.3. The van der Waals surface area contributed by atoms with E-state index in [0.717, 1.165) is 11.3 Å². The topological polar surface area (TPSA) is 89.7 Å². The maximum atomic E-state index is 13.1. The third kappa shape index (κ3) is 7.68. The summed E-state index contributed by atoms with van der Waals surface area (Å²) in [5, 5.41) is 10.9. The number of amides is 1. The van der Waals surface area contributed by atoms with Crippen molar-refractivity contribution in [2.75, 3.05) is 38.1 Å². The molecule has 0 radical (unpaired) electrons. The van der Waals surface area contributed by atoms with E-state index < -0.39 is 0 Å². The number of benzene rings is 2. The van der Waals surface area contributed by atoms with E-state index in [1.54, 1.807) is 0 Å². The predicted molar refractivity (Wildman–Crippen MR) is 162 cm³/mol. The van der Waals surface area contributed by atoms with Gasteiger partial charge in [-0.3, -0.25) is 10.1 Å². The summed E-state index contributed by atoms with van der Waals surface area (Å²) in [7, 11) is 0. The average Bonchev–Trinajstić information content (AvgIpc) is 3.46. The number of nitrogens with one attached hydrogen (secondary N) is 5. The van der Waals surface area contributed by atoms with Gasteiger partial charge in [-0.1, -0.05) is 62.4 Å². The van der Waals surface area contributed by atoms with E-state index in [0.29, 0.717) is 41.8 Å². The molecule has 0 saturated carbocycles. The minimum absolute atomic E-state index is 0.104. The lowest BCUT2D eigenvalue weighted by Crippen LogP contribution is -2.47. The van der Waals surface area contributed by atoms with Gasteiger partial charge >= 0.3 is 0 Å². The van der Waals surface area contributed by atoms with E-state index in [2.05, 4.69) is 38.6 Å². The van der Waals surface area contributed by atoms with Crippen LogP contribution >= 0.6 is 11.6 Å². The number of hydrogen-bond donors (Lipinski definition) is 5. The molecular formula is C31H45ClN6O2. The van der Waals surface area contributed by atoms with Crippen LogP contribution in [-0.2, 0) is 0 Å². The largest absolute Gasteiger partial charge is 0.492 e. The minimum Gasteiger partial charge on any atom is -0.492 e. The molecule has 0 aliphatic carbocycles. The molecule has 218 valence electrons.